The van der Waals surface area contributed by atoms with Crippen LogP contribution in [0, 0.1) is 5.92 Å². The zero-order valence-corrected chi connectivity index (χ0v) is 12.8. The highest BCUT2D eigenvalue weighted by atomic mass is 32.2. The standard InChI is InChI=1S/C13H20N2O5S/c1-21(19,20)14-6-2-3-11(14)12(16)15-8-4-5-10(15)9(7-8)13(17)18/h8-11H,2-7H2,1H3,(H,17,18). The van der Waals surface area contributed by atoms with E-state index in [4.69, 9.17) is 0 Å². The lowest BCUT2D eigenvalue weighted by Crippen LogP contribution is -2.49. The highest BCUT2D eigenvalue weighted by Crippen LogP contribution is 2.43. The Hall–Kier alpha value is -1.15. The van der Waals surface area contributed by atoms with Crippen molar-refractivity contribution in [3.8, 4) is 0 Å². The van der Waals surface area contributed by atoms with Gasteiger partial charge in [-0.25, -0.2) is 8.42 Å². The molecule has 3 aliphatic heterocycles. The van der Waals surface area contributed by atoms with E-state index in [1.54, 1.807) is 4.90 Å². The number of aliphatic carboxylic acids is 1. The van der Waals surface area contributed by atoms with Gasteiger partial charge in [-0.2, -0.15) is 4.31 Å². The Morgan fingerprint density at radius 2 is 1.90 bits per heavy atom. The summed E-state index contributed by atoms with van der Waals surface area (Å²) in [6.45, 7) is 0.376. The minimum absolute atomic E-state index is 0.0365. The molecule has 2 bridgehead atoms. The van der Waals surface area contributed by atoms with Crippen molar-refractivity contribution in [3.05, 3.63) is 0 Å². The summed E-state index contributed by atoms with van der Waals surface area (Å²) < 4.78 is 24.8. The molecule has 0 aromatic carbocycles. The summed E-state index contributed by atoms with van der Waals surface area (Å²) >= 11 is 0. The van der Waals surface area contributed by atoms with Gasteiger partial charge < -0.3 is 10.0 Å². The monoisotopic (exact) mass is 316 g/mol. The normalized spacial score (nSPS) is 36.3. The maximum atomic E-state index is 12.8. The first-order valence-corrected chi connectivity index (χ1v) is 9.17. The van der Waals surface area contributed by atoms with E-state index in [9.17, 15) is 23.1 Å². The van der Waals surface area contributed by atoms with Gasteiger partial charge in [-0.1, -0.05) is 0 Å². The predicted octanol–water partition coefficient (Wildman–Crippen LogP) is -0.125. The molecule has 118 valence electrons. The van der Waals surface area contributed by atoms with Gasteiger partial charge >= 0.3 is 5.97 Å². The van der Waals surface area contributed by atoms with Crippen LogP contribution in [-0.2, 0) is 19.6 Å². The number of rotatable bonds is 3. The summed E-state index contributed by atoms with van der Waals surface area (Å²) in [6, 6.07) is -0.941. The van der Waals surface area contributed by atoms with Gasteiger partial charge in [0.2, 0.25) is 15.9 Å². The molecule has 0 radical (unpaired) electrons. The van der Waals surface area contributed by atoms with Gasteiger partial charge in [0.15, 0.2) is 0 Å². The molecule has 0 spiro atoms. The molecule has 3 saturated heterocycles. The Bertz CT molecular complexity index is 575. The molecule has 0 aliphatic carbocycles. The highest BCUT2D eigenvalue weighted by Gasteiger charge is 2.53. The molecule has 3 heterocycles. The van der Waals surface area contributed by atoms with E-state index in [-0.39, 0.29) is 18.0 Å². The Kier molecular flexibility index (Phi) is 3.48. The van der Waals surface area contributed by atoms with Crippen molar-refractivity contribution in [2.75, 3.05) is 12.8 Å². The fraction of sp³-hybridized carbons (Fsp3) is 0.846. The largest absolute Gasteiger partial charge is 0.481 e. The number of nitrogens with zero attached hydrogens (tertiary/aromatic N) is 2. The topological polar surface area (TPSA) is 95.0 Å². The van der Waals surface area contributed by atoms with Gasteiger partial charge in [0.1, 0.15) is 6.04 Å². The SMILES string of the molecule is CS(=O)(=O)N1CCCC1C(=O)N1C2CCC1C(C(=O)O)C2. The molecular formula is C13H20N2O5S. The third-order valence-corrected chi connectivity index (χ3v) is 6.31. The van der Waals surface area contributed by atoms with E-state index >= 15 is 0 Å². The van der Waals surface area contributed by atoms with Crippen LogP contribution in [0.1, 0.15) is 32.1 Å². The Morgan fingerprint density at radius 1 is 1.19 bits per heavy atom. The molecule has 3 rings (SSSR count). The number of sulfonamides is 1. The average molecular weight is 316 g/mol. The van der Waals surface area contributed by atoms with Crippen molar-refractivity contribution in [1.29, 1.82) is 0 Å². The molecule has 21 heavy (non-hydrogen) atoms. The van der Waals surface area contributed by atoms with Crippen molar-refractivity contribution < 1.29 is 23.1 Å². The molecule has 1 amide bonds. The first-order chi connectivity index (χ1) is 9.80. The van der Waals surface area contributed by atoms with E-state index < -0.39 is 28.0 Å². The van der Waals surface area contributed by atoms with Gasteiger partial charge in [0.25, 0.3) is 0 Å². The zero-order chi connectivity index (χ0) is 15.4. The molecule has 0 aromatic heterocycles. The number of hydrogen-bond acceptors (Lipinski definition) is 4. The van der Waals surface area contributed by atoms with Crippen molar-refractivity contribution in [2.24, 2.45) is 5.92 Å². The van der Waals surface area contributed by atoms with Crippen LogP contribution in [-0.4, -0.2) is 65.5 Å². The van der Waals surface area contributed by atoms with E-state index in [0.29, 0.717) is 32.2 Å². The summed E-state index contributed by atoms with van der Waals surface area (Å²) in [5.41, 5.74) is 0. The molecule has 4 unspecified atom stereocenters. The third kappa shape index (κ3) is 2.34. The summed E-state index contributed by atoms with van der Waals surface area (Å²) in [6.07, 6.45) is 4.36. The van der Waals surface area contributed by atoms with Crippen LogP contribution in [0.4, 0.5) is 0 Å². The third-order valence-electron chi connectivity index (χ3n) is 5.02. The van der Waals surface area contributed by atoms with Crippen molar-refractivity contribution >= 4 is 21.9 Å². The fourth-order valence-electron chi connectivity index (χ4n) is 4.15. The van der Waals surface area contributed by atoms with Gasteiger partial charge in [-0.15, -0.1) is 0 Å². The van der Waals surface area contributed by atoms with Crippen molar-refractivity contribution in [2.45, 2.75) is 50.2 Å². The average Bonchev–Trinajstić information content (AvgIpc) is 3.10. The maximum absolute atomic E-state index is 12.8. The Morgan fingerprint density at radius 3 is 2.48 bits per heavy atom. The first-order valence-electron chi connectivity index (χ1n) is 7.32. The molecule has 3 aliphatic rings. The fourth-order valence-corrected chi connectivity index (χ4v) is 5.27. The van der Waals surface area contributed by atoms with Gasteiger partial charge in [-0.05, 0) is 32.1 Å². The number of carbonyl (C=O) groups is 2. The van der Waals surface area contributed by atoms with E-state index in [1.165, 1.54) is 4.31 Å². The van der Waals surface area contributed by atoms with Gasteiger partial charge in [0.05, 0.1) is 12.2 Å². The second-order valence-electron chi connectivity index (χ2n) is 6.26. The first kappa shape index (κ1) is 14.8. The Labute approximate surface area is 123 Å². The lowest BCUT2D eigenvalue weighted by Gasteiger charge is -2.29. The molecule has 3 fully saturated rings. The zero-order valence-electron chi connectivity index (χ0n) is 11.9. The van der Waals surface area contributed by atoms with E-state index in [0.717, 1.165) is 12.7 Å². The number of carboxylic acid groups (broad SMARTS) is 1. The van der Waals surface area contributed by atoms with Crippen molar-refractivity contribution in [3.63, 3.8) is 0 Å². The van der Waals surface area contributed by atoms with Crippen LogP contribution in [0.25, 0.3) is 0 Å². The number of amides is 1. The summed E-state index contributed by atoms with van der Waals surface area (Å²) in [5.74, 6) is -1.55. The van der Waals surface area contributed by atoms with Crippen LogP contribution in [0.15, 0.2) is 0 Å². The van der Waals surface area contributed by atoms with Crippen LogP contribution < -0.4 is 0 Å². The molecule has 7 nitrogen and oxygen atoms in total. The molecule has 4 atom stereocenters. The second kappa shape index (κ2) is 4.95. The van der Waals surface area contributed by atoms with Gasteiger partial charge in [0, 0.05) is 18.6 Å². The van der Waals surface area contributed by atoms with Crippen LogP contribution >= 0.6 is 0 Å². The van der Waals surface area contributed by atoms with Crippen molar-refractivity contribution in [1.82, 2.24) is 9.21 Å². The van der Waals surface area contributed by atoms with E-state index in [2.05, 4.69) is 0 Å². The van der Waals surface area contributed by atoms with E-state index in [1.807, 2.05) is 0 Å². The molecular weight excluding hydrogens is 296 g/mol. The quantitative estimate of drug-likeness (QED) is 0.783. The summed E-state index contributed by atoms with van der Waals surface area (Å²) in [7, 11) is -3.40. The molecule has 0 saturated carbocycles. The smallest absolute Gasteiger partial charge is 0.308 e. The Balaban J connectivity index is 1.82. The molecule has 0 aromatic rings. The van der Waals surface area contributed by atoms with Crippen LogP contribution in [0.2, 0.25) is 0 Å². The number of carbonyl (C=O) groups excluding carboxylic acids is 1. The lowest BCUT2D eigenvalue weighted by atomic mass is 9.89. The number of carboxylic acids is 1. The molecule has 8 heteroatoms. The second-order valence-corrected chi connectivity index (χ2v) is 8.19. The maximum Gasteiger partial charge on any atom is 0.308 e. The summed E-state index contributed by atoms with van der Waals surface area (Å²) in [4.78, 5) is 25.7. The minimum Gasteiger partial charge on any atom is -0.481 e. The van der Waals surface area contributed by atoms with Crippen LogP contribution in [0.5, 0.6) is 0 Å². The predicted molar refractivity (Wildman–Crippen MR) is 74.0 cm³/mol. The molecule has 1 N–H and O–H groups in total. The minimum atomic E-state index is -3.40. The number of hydrogen-bond donors (Lipinski definition) is 1. The summed E-state index contributed by atoms with van der Waals surface area (Å²) in [5, 5.41) is 9.24. The highest BCUT2D eigenvalue weighted by molar-refractivity contribution is 7.88. The van der Waals surface area contributed by atoms with Crippen LogP contribution in [0.3, 0.4) is 0 Å². The lowest BCUT2D eigenvalue weighted by molar-refractivity contribution is -0.143. The van der Waals surface area contributed by atoms with Gasteiger partial charge in [-0.3, -0.25) is 9.59 Å². The number of fused-ring (bicyclic) bond motifs is 2.